The lowest BCUT2D eigenvalue weighted by molar-refractivity contribution is 0.308. The third-order valence-electron chi connectivity index (χ3n) is 7.26. The molecule has 7 nitrogen and oxygen atoms in total. The van der Waals surface area contributed by atoms with Gasteiger partial charge >= 0.3 is 0 Å². The topological polar surface area (TPSA) is 78.9 Å². The van der Waals surface area contributed by atoms with Crippen molar-refractivity contribution in [2.45, 2.75) is 6.61 Å². The van der Waals surface area contributed by atoms with Crippen LogP contribution in [0.2, 0.25) is 5.02 Å². The summed E-state index contributed by atoms with van der Waals surface area (Å²) < 4.78 is 18.9. The van der Waals surface area contributed by atoms with E-state index in [0.29, 0.717) is 50.9 Å². The lowest BCUT2D eigenvalue weighted by atomic mass is 10.1. The first-order chi connectivity index (χ1) is 21.1. The smallest absolute Gasteiger partial charge is 0.282 e. The van der Waals surface area contributed by atoms with Crippen molar-refractivity contribution >= 4 is 50.5 Å². The maximum atomic E-state index is 13.6. The Labute approximate surface area is 251 Å². The summed E-state index contributed by atoms with van der Waals surface area (Å²) in [6, 6.07) is 34.1. The zero-order chi connectivity index (χ0) is 29.3. The first-order valence-electron chi connectivity index (χ1n) is 13.6. The zero-order valence-electron chi connectivity index (χ0n) is 23.0. The molecule has 0 spiro atoms. The molecule has 5 aromatic carbocycles. The Morgan fingerprint density at radius 1 is 0.860 bits per heavy atom. The molecule has 43 heavy (non-hydrogen) atoms. The van der Waals surface area contributed by atoms with Gasteiger partial charge in [0.15, 0.2) is 5.76 Å². The van der Waals surface area contributed by atoms with Crippen LogP contribution in [-0.2, 0) is 6.61 Å². The molecule has 8 heteroatoms. The quantitative estimate of drug-likeness (QED) is 0.177. The second-order valence-electron chi connectivity index (χ2n) is 9.91. The predicted octanol–water partition coefficient (Wildman–Crippen LogP) is 8.09. The van der Waals surface area contributed by atoms with Crippen molar-refractivity contribution in [2.24, 2.45) is 5.10 Å². The number of nitrogens with zero attached hydrogens (tertiary/aromatic N) is 3. The van der Waals surface area contributed by atoms with Crippen molar-refractivity contribution in [3.05, 3.63) is 136 Å². The number of rotatable bonds is 7. The summed E-state index contributed by atoms with van der Waals surface area (Å²) in [5.74, 6) is 1.85. The molecule has 0 bridgehead atoms. The fraction of sp³-hybridized carbons (Fsp3) is 0.0571. The molecule has 0 saturated heterocycles. The average molecular weight is 586 g/mol. The first kappa shape index (κ1) is 26.5. The molecule has 0 fully saturated rings. The minimum absolute atomic E-state index is 0.263. The molecule has 0 aliphatic heterocycles. The Morgan fingerprint density at radius 3 is 2.51 bits per heavy atom. The number of aromatic nitrogens is 2. The minimum Gasteiger partial charge on any atom is -0.496 e. The Morgan fingerprint density at radius 2 is 1.65 bits per heavy atom. The van der Waals surface area contributed by atoms with Gasteiger partial charge in [-0.3, -0.25) is 4.79 Å². The van der Waals surface area contributed by atoms with Gasteiger partial charge in [0.25, 0.3) is 5.56 Å². The van der Waals surface area contributed by atoms with Gasteiger partial charge in [0.05, 0.1) is 34.6 Å². The van der Waals surface area contributed by atoms with E-state index in [1.165, 1.54) is 4.68 Å². The van der Waals surface area contributed by atoms with Gasteiger partial charge in [-0.2, -0.15) is 9.78 Å². The Kier molecular flexibility index (Phi) is 6.85. The summed E-state index contributed by atoms with van der Waals surface area (Å²) in [4.78, 5) is 18.4. The van der Waals surface area contributed by atoms with Crippen molar-refractivity contribution in [1.29, 1.82) is 0 Å². The highest BCUT2D eigenvalue weighted by atomic mass is 35.5. The van der Waals surface area contributed by atoms with Gasteiger partial charge in [-0.25, -0.2) is 4.98 Å². The number of methoxy groups -OCH3 is 1. The Hall–Kier alpha value is -5.40. The van der Waals surface area contributed by atoms with Crippen molar-refractivity contribution in [3.8, 4) is 23.1 Å². The van der Waals surface area contributed by atoms with E-state index < -0.39 is 0 Å². The molecule has 0 N–H and O–H groups in total. The van der Waals surface area contributed by atoms with E-state index in [4.69, 9.17) is 30.5 Å². The molecule has 0 aliphatic carbocycles. The molecule has 2 aromatic heterocycles. The van der Waals surface area contributed by atoms with Crippen molar-refractivity contribution < 1.29 is 13.9 Å². The number of ether oxygens (including phenoxy) is 2. The number of benzene rings is 5. The van der Waals surface area contributed by atoms with E-state index in [0.717, 1.165) is 21.7 Å². The van der Waals surface area contributed by atoms with Crippen LogP contribution < -0.4 is 15.0 Å². The second kappa shape index (κ2) is 11.1. The predicted molar refractivity (Wildman–Crippen MR) is 170 cm³/mol. The first-order valence-corrected chi connectivity index (χ1v) is 14.0. The zero-order valence-corrected chi connectivity index (χ0v) is 23.8. The van der Waals surface area contributed by atoms with Crippen LogP contribution in [0.1, 0.15) is 11.1 Å². The number of hydrogen-bond donors (Lipinski definition) is 0. The van der Waals surface area contributed by atoms with Gasteiger partial charge in [-0.15, -0.1) is 0 Å². The van der Waals surface area contributed by atoms with Gasteiger partial charge < -0.3 is 13.9 Å². The molecule has 2 heterocycles. The number of hydrogen-bond acceptors (Lipinski definition) is 6. The third-order valence-corrected chi connectivity index (χ3v) is 7.55. The lowest BCUT2D eigenvalue weighted by Crippen LogP contribution is -2.20. The molecule has 0 saturated carbocycles. The summed E-state index contributed by atoms with van der Waals surface area (Å²) in [5.41, 5.74) is 2.57. The molecule has 0 radical (unpaired) electrons. The van der Waals surface area contributed by atoms with E-state index in [9.17, 15) is 4.79 Å². The monoisotopic (exact) mass is 585 g/mol. The highest BCUT2D eigenvalue weighted by Crippen LogP contribution is 2.33. The Balaban J connectivity index is 1.22. The maximum Gasteiger partial charge on any atom is 0.282 e. The molecule has 0 aliphatic rings. The van der Waals surface area contributed by atoms with E-state index in [1.807, 2.05) is 54.6 Å². The van der Waals surface area contributed by atoms with Crippen LogP contribution >= 0.6 is 11.6 Å². The molecular weight excluding hydrogens is 562 g/mol. The fourth-order valence-electron chi connectivity index (χ4n) is 5.13. The van der Waals surface area contributed by atoms with Gasteiger partial charge in [0.2, 0.25) is 5.82 Å². The summed E-state index contributed by atoms with van der Waals surface area (Å²) in [6.07, 6.45) is 1.56. The van der Waals surface area contributed by atoms with Crippen LogP contribution in [0.3, 0.4) is 0 Å². The molecular formula is C35H24ClN3O4. The average Bonchev–Trinajstić information content (AvgIpc) is 3.48. The van der Waals surface area contributed by atoms with E-state index >= 15 is 0 Å². The summed E-state index contributed by atoms with van der Waals surface area (Å²) in [6.45, 7) is 0.373. The largest absolute Gasteiger partial charge is 0.496 e. The molecule has 0 unspecified atom stereocenters. The van der Waals surface area contributed by atoms with E-state index in [-0.39, 0.29) is 11.4 Å². The van der Waals surface area contributed by atoms with Gasteiger partial charge in [-0.1, -0.05) is 72.3 Å². The molecule has 7 aromatic rings. The van der Waals surface area contributed by atoms with Gasteiger partial charge in [0, 0.05) is 0 Å². The van der Waals surface area contributed by atoms with Crippen LogP contribution in [0.5, 0.6) is 11.5 Å². The Bertz CT molecular complexity index is 2230. The van der Waals surface area contributed by atoms with Crippen LogP contribution in [0.4, 0.5) is 0 Å². The SMILES string of the molecule is COc1cccc2oc(-c3nc4ccccc4c(=O)n3N=Cc3ccc(OCc4cccc5ccccc45)c(Cl)c3)cc12. The number of para-hydroxylation sites is 1. The van der Waals surface area contributed by atoms with Crippen molar-refractivity contribution in [1.82, 2.24) is 9.66 Å². The summed E-state index contributed by atoms with van der Waals surface area (Å²) in [5, 5.41) is 8.46. The second-order valence-corrected chi connectivity index (χ2v) is 10.3. The lowest BCUT2D eigenvalue weighted by Gasteiger charge is -2.11. The number of halogens is 1. The molecule has 0 amide bonds. The summed E-state index contributed by atoms with van der Waals surface area (Å²) >= 11 is 6.61. The van der Waals surface area contributed by atoms with Gasteiger partial charge in [-0.05, 0) is 70.4 Å². The highest BCUT2D eigenvalue weighted by molar-refractivity contribution is 6.32. The third kappa shape index (κ3) is 5.00. The molecule has 0 atom stereocenters. The van der Waals surface area contributed by atoms with Crippen LogP contribution in [0.25, 0.3) is 44.2 Å². The normalized spacial score (nSPS) is 11.6. The molecule has 7 rings (SSSR count). The van der Waals surface area contributed by atoms with E-state index in [2.05, 4.69) is 23.3 Å². The highest BCUT2D eigenvalue weighted by Gasteiger charge is 2.18. The number of fused-ring (bicyclic) bond motifs is 3. The number of furan rings is 1. The fourth-order valence-corrected chi connectivity index (χ4v) is 5.37. The minimum atomic E-state index is -0.328. The van der Waals surface area contributed by atoms with Crippen molar-refractivity contribution in [3.63, 3.8) is 0 Å². The van der Waals surface area contributed by atoms with Crippen LogP contribution in [-0.4, -0.2) is 23.0 Å². The van der Waals surface area contributed by atoms with Crippen molar-refractivity contribution in [2.75, 3.05) is 7.11 Å². The van der Waals surface area contributed by atoms with Crippen LogP contribution in [0, 0.1) is 0 Å². The maximum absolute atomic E-state index is 13.6. The van der Waals surface area contributed by atoms with Gasteiger partial charge in [0.1, 0.15) is 23.7 Å². The standard InChI is InChI=1S/C35H24ClN3O4/c1-41-30-14-7-15-31-27(30)19-33(43-31)34-38-29-13-5-4-12-26(29)35(40)39(34)37-20-22-16-17-32(28(36)18-22)42-21-24-10-6-9-23-8-2-3-11-25(23)24/h2-20H,21H2,1H3. The van der Waals surface area contributed by atoms with Crippen LogP contribution in [0.15, 0.2) is 124 Å². The van der Waals surface area contributed by atoms with E-state index in [1.54, 1.807) is 49.7 Å². The molecule has 210 valence electrons. The summed E-state index contributed by atoms with van der Waals surface area (Å²) in [7, 11) is 1.60.